The Morgan fingerprint density at radius 3 is 2.29 bits per heavy atom. The Bertz CT molecular complexity index is 270. The standard InChI is InChI=1S/C13H23NO3/c1-4-12(13(16)17-5-2)14-8-6-11(7-9-14)10(3)15/h11-12H,4-9H2,1-3H3. The molecule has 1 rings (SSSR count). The van der Waals surface area contributed by atoms with Crippen molar-refractivity contribution in [2.24, 2.45) is 5.92 Å². The number of esters is 1. The van der Waals surface area contributed by atoms with Gasteiger partial charge in [-0.2, -0.15) is 0 Å². The fourth-order valence-electron chi connectivity index (χ4n) is 2.43. The maximum atomic E-state index is 11.8. The highest BCUT2D eigenvalue weighted by molar-refractivity contribution is 5.78. The molecule has 4 heteroatoms. The Morgan fingerprint density at radius 2 is 1.88 bits per heavy atom. The van der Waals surface area contributed by atoms with E-state index in [0.717, 1.165) is 32.4 Å². The van der Waals surface area contributed by atoms with E-state index in [4.69, 9.17) is 4.74 Å². The second-order valence-electron chi connectivity index (χ2n) is 4.60. The van der Waals surface area contributed by atoms with Crippen LogP contribution in [-0.2, 0) is 14.3 Å². The van der Waals surface area contributed by atoms with Crippen LogP contribution < -0.4 is 0 Å². The molecule has 0 aromatic carbocycles. The Labute approximate surface area is 103 Å². The SMILES string of the molecule is CCOC(=O)C(CC)N1CCC(C(C)=O)CC1. The third-order valence-corrected chi connectivity index (χ3v) is 3.49. The smallest absolute Gasteiger partial charge is 0.323 e. The van der Waals surface area contributed by atoms with E-state index in [1.165, 1.54) is 0 Å². The van der Waals surface area contributed by atoms with Gasteiger partial charge in [-0.25, -0.2) is 0 Å². The highest BCUT2D eigenvalue weighted by atomic mass is 16.5. The van der Waals surface area contributed by atoms with Crippen molar-refractivity contribution in [3.05, 3.63) is 0 Å². The lowest BCUT2D eigenvalue weighted by atomic mass is 9.92. The second-order valence-corrected chi connectivity index (χ2v) is 4.60. The molecule has 1 aliphatic heterocycles. The Morgan fingerprint density at radius 1 is 1.29 bits per heavy atom. The molecule has 1 unspecified atom stereocenters. The molecule has 1 aliphatic rings. The number of hydrogen-bond donors (Lipinski definition) is 0. The zero-order valence-corrected chi connectivity index (χ0v) is 11.1. The van der Waals surface area contributed by atoms with Crippen LogP contribution in [0.1, 0.15) is 40.0 Å². The monoisotopic (exact) mass is 241 g/mol. The molecule has 0 N–H and O–H groups in total. The number of carbonyl (C=O) groups is 2. The van der Waals surface area contributed by atoms with Gasteiger partial charge in [-0.1, -0.05) is 6.92 Å². The minimum Gasteiger partial charge on any atom is -0.465 e. The number of rotatable bonds is 5. The van der Waals surface area contributed by atoms with Crippen LogP contribution in [0.4, 0.5) is 0 Å². The van der Waals surface area contributed by atoms with E-state index in [0.29, 0.717) is 6.61 Å². The molecule has 1 heterocycles. The maximum absolute atomic E-state index is 11.8. The molecule has 0 aliphatic carbocycles. The third-order valence-electron chi connectivity index (χ3n) is 3.49. The van der Waals surface area contributed by atoms with Gasteiger partial charge in [0, 0.05) is 5.92 Å². The van der Waals surface area contributed by atoms with Crippen molar-refractivity contribution >= 4 is 11.8 Å². The molecular weight excluding hydrogens is 218 g/mol. The van der Waals surface area contributed by atoms with Crippen LogP contribution in [0.15, 0.2) is 0 Å². The maximum Gasteiger partial charge on any atom is 0.323 e. The van der Waals surface area contributed by atoms with E-state index in [1.807, 2.05) is 13.8 Å². The number of carbonyl (C=O) groups excluding carboxylic acids is 2. The topological polar surface area (TPSA) is 46.6 Å². The molecule has 0 amide bonds. The number of ether oxygens (including phenoxy) is 1. The largest absolute Gasteiger partial charge is 0.465 e. The van der Waals surface area contributed by atoms with Gasteiger partial charge in [0.1, 0.15) is 11.8 Å². The van der Waals surface area contributed by atoms with Crippen molar-refractivity contribution in [3.8, 4) is 0 Å². The predicted molar refractivity (Wildman–Crippen MR) is 65.7 cm³/mol. The molecule has 0 aromatic heterocycles. The van der Waals surface area contributed by atoms with E-state index in [9.17, 15) is 9.59 Å². The van der Waals surface area contributed by atoms with Gasteiger partial charge < -0.3 is 4.74 Å². The van der Waals surface area contributed by atoms with E-state index < -0.39 is 0 Å². The highest BCUT2D eigenvalue weighted by Gasteiger charge is 2.30. The molecule has 1 saturated heterocycles. The van der Waals surface area contributed by atoms with Gasteiger partial charge in [-0.3, -0.25) is 14.5 Å². The Kier molecular flexibility index (Phi) is 5.62. The van der Waals surface area contributed by atoms with Crippen molar-refractivity contribution in [1.82, 2.24) is 4.90 Å². The number of piperidine rings is 1. The van der Waals surface area contributed by atoms with E-state index in [-0.39, 0.29) is 23.7 Å². The highest BCUT2D eigenvalue weighted by Crippen LogP contribution is 2.21. The summed E-state index contributed by atoms with van der Waals surface area (Å²) < 4.78 is 5.07. The average Bonchev–Trinajstić information content (AvgIpc) is 2.31. The van der Waals surface area contributed by atoms with Crippen LogP contribution in [0.5, 0.6) is 0 Å². The average molecular weight is 241 g/mol. The van der Waals surface area contributed by atoms with Crippen molar-refractivity contribution in [3.63, 3.8) is 0 Å². The molecule has 98 valence electrons. The molecule has 1 atom stereocenters. The molecule has 0 bridgehead atoms. The summed E-state index contributed by atoms with van der Waals surface area (Å²) in [5.41, 5.74) is 0. The first-order chi connectivity index (χ1) is 8.10. The second kappa shape index (κ2) is 6.74. The Hall–Kier alpha value is -0.900. The van der Waals surface area contributed by atoms with Gasteiger partial charge in [0.05, 0.1) is 6.61 Å². The van der Waals surface area contributed by atoms with Gasteiger partial charge in [0.2, 0.25) is 0 Å². The van der Waals surface area contributed by atoms with Crippen molar-refractivity contribution < 1.29 is 14.3 Å². The van der Waals surface area contributed by atoms with Gasteiger partial charge in [0.15, 0.2) is 0 Å². The van der Waals surface area contributed by atoms with Crippen molar-refractivity contribution in [2.75, 3.05) is 19.7 Å². The van der Waals surface area contributed by atoms with Crippen LogP contribution in [0.3, 0.4) is 0 Å². The van der Waals surface area contributed by atoms with Crippen LogP contribution in [-0.4, -0.2) is 42.4 Å². The van der Waals surface area contributed by atoms with Gasteiger partial charge in [0.25, 0.3) is 0 Å². The van der Waals surface area contributed by atoms with Crippen LogP contribution in [0.2, 0.25) is 0 Å². The molecule has 0 spiro atoms. The summed E-state index contributed by atoms with van der Waals surface area (Å²) in [6.45, 7) is 7.55. The zero-order valence-electron chi connectivity index (χ0n) is 11.1. The molecule has 17 heavy (non-hydrogen) atoms. The van der Waals surface area contributed by atoms with Gasteiger partial charge in [-0.15, -0.1) is 0 Å². The Balaban J connectivity index is 2.50. The first kappa shape index (κ1) is 14.2. The lowest BCUT2D eigenvalue weighted by molar-refractivity contribution is -0.150. The van der Waals surface area contributed by atoms with Crippen molar-refractivity contribution in [1.29, 1.82) is 0 Å². The van der Waals surface area contributed by atoms with Crippen LogP contribution >= 0.6 is 0 Å². The summed E-state index contributed by atoms with van der Waals surface area (Å²) in [7, 11) is 0. The van der Waals surface area contributed by atoms with Gasteiger partial charge in [-0.05, 0) is 46.2 Å². The number of hydrogen-bond acceptors (Lipinski definition) is 4. The molecule has 4 nitrogen and oxygen atoms in total. The molecule has 0 aromatic rings. The molecule has 1 fully saturated rings. The summed E-state index contributed by atoms with van der Waals surface area (Å²) in [5, 5.41) is 0. The number of Topliss-reactive ketones (excluding diaryl/α,β-unsaturated/α-hetero) is 1. The van der Waals surface area contributed by atoms with E-state index >= 15 is 0 Å². The lowest BCUT2D eigenvalue weighted by Gasteiger charge is -2.35. The fourth-order valence-corrected chi connectivity index (χ4v) is 2.43. The van der Waals surface area contributed by atoms with Gasteiger partial charge >= 0.3 is 5.97 Å². The minimum atomic E-state index is -0.136. The number of ketones is 1. The summed E-state index contributed by atoms with van der Waals surface area (Å²) in [4.78, 5) is 25.2. The minimum absolute atomic E-state index is 0.128. The zero-order chi connectivity index (χ0) is 12.8. The predicted octanol–water partition coefficient (Wildman–Crippen LogP) is 1.63. The summed E-state index contributed by atoms with van der Waals surface area (Å²) in [5.74, 6) is 0.330. The summed E-state index contributed by atoms with van der Waals surface area (Å²) in [6, 6.07) is -0.136. The van der Waals surface area contributed by atoms with E-state index in [2.05, 4.69) is 4.90 Å². The van der Waals surface area contributed by atoms with Crippen LogP contribution in [0, 0.1) is 5.92 Å². The summed E-state index contributed by atoms with van der Waals surface area (Å²) in [6.07, 6.45) is 2.50. The van der Waals surface area contributed by atoms with Crippen molar-refractivity contribution in [2.45, 2.75) is 46.1 Å². The molecular formula is C13H23NO3. The van der Waals surface area contributed by atoms with Crippen LogP contribution in [0.25, 0.3) is 0 Å². The number of likely N-dealkylation sites (tertiary alicyclic amines) is 1. The number of nitrogens with zero attached hydrogens (tertiary/aromatic N) is 1. The lowest BCUT2D eigenvalue weighted by Crippen LogP contribution is -2.46. The van der Waals surface area contributed by atoms with E-state index in [1.54, 1.807) is 6.92 Å². The molecule has 0 radical (unpaired) electrons. The first-order valence-electron chi connectivity index (χ1n) is 6.51. The fraction of sp³-hybridized carbons (Fsp3) is 0.846. The first-order valence-corrected chi connectivity index (χ1v) is 6.51. The normalized spacial score (nSPS) is 19.9. The quantitative estimate of drug-likeness (QED) is 0.686. The molecule has 0 saturated carbocycles. The summed E-state index contributed by atoms with van der Waals surface area (Å²) >= 11 is 0. The third kappa shape index (κ3) is 3.80.